The Balaban J connectivity index is 2.37. The number of methoxy groups -OCH3 is 1. The van der Waals surface area contributed by atoms with E-state index >= 15 is 0 Å². The molecule has 2 aromatic rings. The van der Waals surface area contributed by atoms with Gasteiger partial charge in [-0.3, -0.25) is 15.8 Å². The van der Waals surface area contributed by atoms with Crippen LogP contribution in [-0.2, 0) is 0 Å². The molecule has 0 fully saturated rings. The van der Waals surface area contributed by atoms with E-state index in [-0.39, 0.29) is 0 Å². The molecule has 26 heavy (non-hydrogen) atoms. The number of hydrogen-bond acceptors (Lipinski definition) is 7. The average molecular weight is 393 g/mol. The standard InChI is InChI=1S/C16H20N6O2S2/c1-17-15(25)21-20-11(9-19-22-16(18-2)26-4)13-8-10-6-5-7-12(23-3)14(10)24-13/h5-9H,1-4H3,(H,18,22)(H2,17,21,25)/b19-9+,20-11-. The van der Waals surface area contributed by atoms with Gasteiger partial charge in [0.25, 0.3) is 0 Å². The van der Waals surface area contributed by atoms with Gasteiger partial charge in [0.05, 0.1) is 13.3 Å². The third-order valence-electron chi connectivity index (χ3n) is 3.23. The van der Waals surface area contributed by atoms with Crippen LogP contribution in [0.3, 0.4) is 0 Å². The van der Waals surface area contributed by atoms with Crippen LogP contribution in [0, 0.1) is 0 Å². The van der Waals surface area contributed by atoms with Crippen LogP contribution >= 0.6 is 24.0 Å². The number of amidine groups is 1. The second-order valence-electron chi connectivity index (χ2n) is 4.78. The topological polar surface area (TPSA) is 95.5 Å². The minimum absolute atomic E-state index is 0.373. The summed E-state index contributed by atoms with van der Waals surface area (Å²) in [6.45, 7) is 0. The molecule has 3 N–H and O–H groups in total. The number of thiocarbonyl (C=S) groups is 1. The first-order valence-electron chi connectivity index (χ1n) is 7.55. The molecule has 1 aromatic carbocycles. The number of rotatable bonds is 5. The van der Waals surface area contributed by atoms with Crippen molar-refractivity contribution in [1.29, 1.82) is 0 Å². The van der Waals surface area contributed by atoms with Gasteiger partial charge >= 0.3 is 0 Å². The summed E-state index contributed by atoms with van der Waals surface area (Å²) in [7, 11) is 4.98. The minimum atomic E-state index is 0.373. The number of ether oxygens (including phenoxy) is 1. The van der Waals surface area contributed by atoms with Crippen molar-refractivity contribution >= 4 is 57.2 Å². The van der Waals surface area contributed by atoms with Crippen molar-refractivity contribution in [2.45, 2.75) is 0 Å². The SMILES string of the molecule is CN=C(N/N=C/C(=N/NC(=S)NC)c1cc2cccc(OC)c2o1)SC. The summed E-state index contributed by atoms with van der Waals surface area (Å²) in [5.74, 6) is 1.16. The summed E-state index contributed by atoms with van der Waals surface area (Å²) in [6, 6.07) is 7.51. The molecule has 0 bridgehead atoms. The summed E-state index contributed by atoms with van der Waals surface area (Å²) in [5.41, 5.74) is 6.65. The number of para-hydroxylation sites is 1. The molecule has 1 heterocycles. The fourth-order valence-electron chi connectivity index (χ4n) is 1.97. The number of nitrogens with zero attached hydrogens (tertiary/aromatic N) is 3. The van der Waals surface area contributed by atoms with Crippen LogP contribution < -0.4 is 20.9 Å². The second-order valence-corrected chi connectivity index (χ2v) is 5.98. The van der Waals surface area contributed by atoms with E-state index in [0.29, 0.717) is 33.1 Å². The highest BCUT2D eigenvalue weighted by molar-refractivity contribution is 8.13. The van der Waals surface area contributed by atoms with E-state index in [4.69, 9.17) is 21.4 Å². The predicted molar refractivity (Wildman–Crippen MR) is 113 cm³/mol. The lowest BCUT2D eigenvalue weighted by atomic mass is 10.2. The zero-order valence-electron chi connectivity index (χ0n) is 14.9. The van der Waals surface area contributed by atoms with E-state index in [1.54, 1.807) is 21.2 Å². The molecule has 0 amide bonds. The molecule has 0 aliphatic heterocycles. The number of aliphatic imine (C=N–C) groups is 1. The first-order chi connectivity index (χ1) is 12.6. The van der Waals surface area contributed by atoms with Gasteiger partial charge in [0.2, 0.25) is 0 Å². The molecule has 1 aromatic heterocycles. The van der Waals surface area contributed by atoms with Crippen molar-refractivity contribution in [3.63, 3.8) is 0 Å². The van der Waals surface area contributed by atoms with Crippen molar-refractivity contribution in [1.82, 2.24) is 16.2 Å². The number of hydrogen-bond donors (Lipinski definition) is 3. The number of benzene rings is 1. The highest BCUT2D eigenvalue weighted by Crippen LogP contribution is 2.28. The number of thioether (sulfide) groups is 1. The Morgan fingerprint density at radius 1 is 1.35 bits per heavy atom. The number of furan rings is 1. The molecule has 10 heteroatoms. The molecule has 0 radical (unpaired) electrons. The first-order valence-corrected chi connectivity index (χ1v) is 9.18. The van der Waals surface area contributed by atoms with Crippen LogP contribution in [0.1, 0.15) is 5.76 Å². The number of nitrogens with one attached hydrogen (secondary N) is 3. The Kier molecular flexibility index (Phi) is 7.42. The van der Waals surface area contributed by atoms with E-state index in [9.17, 15) is 0 Å². The summed E-state index contributed by atoms with van der Waals surface area (Å²) >= 11 is 6.50. The molecule has 0 aliphatic rings. The number of fused-ring (bicyclic) bond motifs is 1. The summed E-state index contributed by atoms with van der Waals surface area (Å²) < 4.78 is 11.2. The highest BCUT2D eigenvalue weighted by Gasteiger charge is 2.13. The monoisotopic (exact) mass is 392 g/mol. The van der Waals surface area contributed by atoms with Gasteiger partial charge in [-0.1, -0.05) is 23.9 Å². The van der Waals surface area contributed by atoms with Crippen molar-refractivity contribution in [2.75, 3.05) is 27.5 Å². The highest BCUT2D eigenvalue weighted by atomic mass is 32.2. The molecule has 0 spiro atoms. The molecule has 0 saturated heterocycles. The lowest BCUT2D eigenvalue weighted by molar-refractivity contribution is 0.410. The largest absolute Gasteiger partial charge is 0.493 e. The van der Waals surface area contributed by atoms with Gasteiger partial charge in [-0.2, -0.15) is 10.2 Å². The van der Waals surface area contributed by atoms with E-state index in [0.717, 1.165) is 5.39 Å². The molecular formula is C16H20N6O2S2. The zero-order valence-corrected chi connectivity index (χ0v) is 16.5. The molecule has 8 nitrogen and oxygen atoms in total. The lowest BCUT2D eigenvalue weighted by Crippen LogP contribution is -2.29. The molecule has 138 valence electrons. The average Bonchev–Trinajstić information content (AvgIpc) is 3.11. The third-order valence-corrected chi connectivity index (χ3v) is 4.18. The summed E-state index contributed by atoms with van der Waals surface area (Å²) in [4.78, 5) is 4.05. The third kappa shape index (κ3) is 4.96. The van der Waals surface area contributed by atoms with Crippen molar-refractivity contribution < 1.29 is 9.15 Å². The Hall–Kier alpha value is -2.59. The molecule has 0 atom stereocenters. The van der Waals surface area contributed by atoms with E-state index in [1.807, 2.05) is 30.5 Å². The quantitative estimate of drug-likeness (QED) is 0.311. The molecule has 0 saturated carbocycles. The maximum Gasteiger partial charge on any atom is 0.186 e. The number of hydrazone groups is 2. The van der Waals surface area contributed by atoms with Gasteiger partial charge in [-0.05, 0) is 30.6 Å². The maximum atomic E-state index is 5.91. The van der Waals surface area contributed by atoms with Crippen LogP contribution in [0.2, 0.25) is 0 Å². The van der Waals surface area contributed by atoms with Crippen LogP contribution in [0.25, 0.3) is 11.0 Å². The first kappa shape index (κ1) is 19.7. The molecule has 2 rings (SSSR count). The Morgan fingerprint density at radius 3 is 2.81 bits per heavy atom. The minimum Gasteiger partial charge on any atom is -0.493 e. The zero-order chi connectivity index (χ0) is 18.9. The van der Waals surface area contributed by atoms with E-state index in [1.165, 1.54) is 18.0 Å². The van der Waals surface area contributed by atoms with Gasteiger partial charge < -0.3 is 14.5 Å². The van der Waals surface area contributed by atoms with E-state index in [2.05, 4.69) is 31.4 Å². The smallest absolute Gasteiger partial charge is 0.186 e. The Bertz CT molecular complexity index is 860. The van der Waals surface area contributed by atoms with Crippen LogP contribution in [0.15, 0.2) is 43.9 Å². The van der Waals surface area contributed by atoms with Crippen molar-refractivity contribution in [3.8, 4) is 5.75 Å². The fourth-order valence-corrected chi connectivity index (χ4v) is 2.35. The summed E-state index contributed by atoms with van der Waals surface area (Å²) in [6.07, 6.45) is 3.43. The molecule has 0 aliphatic carbocycles. The predicted octanol–water partition coefficient (Wildman–Crippen LogP) is 2.16. The molecular weight excluding hydrogens is 372 g/mol. The van der Waals surface area contributed by atoms with Gasteiger partial charge in [-0.15, -0.1) is 0 Å². The lowest BCUT2D eigenvalue weighted by Gasteiger charge is -2.03. The van der Waals surface area contributed by atoms with Gasteiger partial charge in [0.15, 0.2) is 27.4 Å². The van der Waals surface area contributed by atoms with E-state index < -0.39 is 0 Å². The van der Waals surface area contributed by atoms with Gasteiger partial charge in [-0.25, -0.2) is 0 Å². The van der Waals surface area contributed by atoms with Gasteiger partial charge in [0.1, 0.15) is 5.71 Å². The van der Waals surface area contributed by atoms with Crippen molar-refractivity contribution in [2.24, 2.45) is 15.2 Å². The Labute approximate surface area is 161 Å². The molecule has 0 unspecified atom stereocenters. The van der Waals surface area contributed by atoms with Crippen LogP contribution in [0.5, 0.6) is 5.75 Å². The maximum absolute atomic E-state index is 5.91. The van der Waals surface area contributed by atoms with Crippen molar-refractivity contribution in [3.05, 3.63) is 30.0 Å². The van der Waals surface area contributed by atoms with Gasteiger partial charge in [0, 0.05) is 19.5 Å². The summed E-state index contributed by atoms with van der Waals surface area (Å²) in [5, 5.41) is 13.1. The normalized spacial score (nSPS) is 12.5. The van der Waals surface area contributed by atoms with Crippen LogP contribution in [0.4, 0.5) is 0 Å². The van der Waals surface area contributed by atoms with Crippen LogP contribution in [-0.4, -0.2) is 49.7 Å². The second kappa shape index (κ2) is 9.78. The fraction of sp³-hybridized carbons (Fsp3) is 0.250. The Morgan fingerprint density at radius 2 is 2.15 bits per heavy atom.